The summed E-state index contributed by atoms with van der Waals surface area (Å²) in [7, 11) is 1.30. The lowest BCUT2D eigenvalue weighted by atomic mass is 10.1. The first kappa shape index (κ1) is 21.0. The number of phenols is 1. The van der Waals surface area contributed by atoms with Crippen molar-refractivity contribution in [3.8, 4) is 17.6 Å². The summed E-state index contributed by atoms with van der Waals surface area (Å²) < 4.78 is 1.96. The average molecular weight is 424 g/mol. The van der Waals surface area contributed by atoms with Crippen molar-refractivity contribution in [3.63, 3.8) is 0 Å². The minimum atomic E-state index is -0.705. The Labute approximate surface area is 177 Å². The molecule has 3 aromatic rings. The second kappa shape index (κ2) is 9.16. The van der Waals surface area contributed by atoms with Crippen LogP contribution >= 0.6 is 11.6 Å². The van der Waals surface area contributed by atoms with E-state index in [9.17, 15) is 19.5 Å². The lowest BCUT2D eigenvalue weighted by Gasteiger charge is -2.13. The molecule has 30 heavy (non-hydrogen) atoms. The third kappa shape index (κ3) is 4.80. The summed E-state index contributed by atoms with van der Waals surface area (Å²) in [5, 5.41) is 11.8. The number of nitrogens with zero attached hydrogens (tertiary/aromatic N) is 2. The highest BCUT2D eigenvalue weighted by molar-refractivity contribution is 6.32. The first-order valence-electron chi connectivity index (χ1n) is 8.98. The van der Waals surface area contributed by atoms with Crippen molar-refractivity contribution in [2.75, 3.05) is 5.32 Å². The topological polar surface area (TPSA) is 93.3 Å². The average Bonchev–Trinajstić information content (AvgIpc) is 2.73. The van der Waals surface area contributed by atoms with Gasteiger partial charge in [0.2, 0.25) is 5.91 Å². The maximum Gasteiger partial charge on any atom is 0.332 e. The molecule has 0 spiro atoms. The van der Waals surface area contributed by atoms with Gasteiger partial charge in [-0.2, -0.15) is 0 Å². The number of benzene rings is 2. The van der Waals surface area contributed by atoms with Crippen LogP contribution in [0.4, 0.5) is 5.69 Å². The molecule has 8 heteroatoms. The van der Waals surface area contributed by atoms with Gasteiger partial charge >= 0.3 is 5.69 Å². The van der Waals surface area contributed by atoms with Crippen LogP contribution in [-0.4, -0.2) is 20.1 Å². The molecule has 2 aromatic carbocycles. The van der Waals surface area contributed by atoms with E-state index >= 15 is 0 Å². The molecule has 0 fully saturated rings. The molecule has 0 saturated heterocycles. The van der Waals surface area contributed by atoms with Crippen molar-refractivity contribution in [2.45, 2.75) is 13.0 Å². The van der Waals surface area contributed by atoms with Crippen molar-refractivity contribution in [2.24, 2.45) is 7.05 Å². The summed E-state index contributed by atoms with van der Waals surface area (Å²) in [6.45, 7) is -0.108. The lowest BCUT2D eigenvalue weighted by molar-refractivity contribution is -0.115. The second-order valence-corrected chi connectivity index (χ2v) is 6.82. The normalized spacial score (nSPS) is 10.2. The van der Waals surface area contributed by atoms with Gasteiger partial charge in [0, 0.05) is 12.6 Å². The number of nitrogens with one attached hydrogen (secondary N) is 1. The number of carbonyl (C=O) groups excluding carboxylic acids is 1. The van der Waals surface area contributed by atoms with E-state index in [4.69, 9.17) is 11.6 Å². The third-order valence-electron chi connectivity index (χ3n) is 4.27. The molecule has 0 radical (unpaired) electrons. The number of amides is 1. The zero-order chi connectivity index (χ0) is 21.7. The van der Waals surface area contributed by atoms with E-state index in [0.29, 0.717) is 5.56 Å². The summed E-state index contributed by atoms with van der Waals surface area (Å²) in [4.78, 5) is 37.3. The standard InChI is InChI=1S/C22H18ClN3O4/c1-25-21(29)19(24-18(28)14-16-7-3-2-4-8-16)20(23)26(22(25)30)12-6-10-15-9-5-11-17(27)13-15/h2-5,7-9,11,13,27H,12,14H2,1H3,(H,24,28). The van der Waals surface area contributed by atoms with Crippen molar-refractivity contribution < 1.29 is 9.90 Å². The maximum atomic E-state index is 12.5. The summed E-state index contributed by atoms with van der Waals surface area (Å²) in [5.74, 6) is 5.23. The van der Waals surface area contributed by atoms with Gasteiger partial charge in [-0.15, -0.1) is 0 Å². The highest BCUT2D eigenvalue weighted by atomic mass is 35.5. The number of anilines is 1. The molecule has 0 atom stereocenters. The number of phenolic OH excluding ortho intramolecular Hbond substituents is 1. The number of aromatic nitrogens is 2. The summed E-state index contributed by atoms with van der Waals surface area (Å²) >= 11 is 6.27. The van der Waals surface area contributed by atoms with Gasteiger partial charge in [0.25, 0.3) is 5.56 Å². The van der Waals surface area contributed by atoms with Crippen LogP contribution in [0.15, 0.2) is 64.2 Å². The first-order valence-corrected chi connectivity index (χ1v) is 9.35. The molecule has 0 bridgehead atoms. The van der Waals surface area contributed by atoms with Crippen LogP contribution in [0.2, 0.25) is 5.15 Å². The van der Waals surface area contributed by atoms with Gasteiger partial charge in [0.15, 0.2) is 0 Å². The number of aromatic hydroxyl groups is 1. The van der Waals surface area contributed by atoms with Crippen LogP contribution in [0.3, 0.4) is 0 Å². The number of halogens is 1. The predicted molar refractivity (Wildman–Crippen MR) is 115 cm³/mol. The number of hydrogen-bond donors (Lipinski definition) is 2. The van der Waals surface area contributed by atoms with Crippen LogP contribution in [-0.2, 0) is 24.8 Å². The van der Waals surface area contributed by atoms with E-state index in [1.807, 2.05) is 6.07 Å². The zero-order valence-corrected chi connectivity index (χ0v) is 16.8. The highest BCUT2D eigenvalue weighted by Gasteiger charge is 2.18. The summed E-state index contributed by atoms with van der Waals surface area (Å²) in [5.41, 5.74) is -0.215. The largest absolute Gasteiger partial charge is 0.508 e. The molecule has 0 aliphatic rings. The Morgan fingerprint density at radius 2 is 1.87 bits per heavy atom. The number of hydrogen-bond acceptors (Lipinski definition) is 4. The Morgan fingerprint density at radius 3 is 2.57 bits per heavy atom. The number of carbonyl (C=O) groups is 1. The van der Waals surface area contributed by atoms with Crippen molar-refractivity contribution in [3.05, 3.63) is 91.7 Å². The number of rotatable bonds is 4. The van der Waals surface area contributed by atoms with Crippen molar-refractivity contribution in [1.29, 1.82) is 0 Å². The van der Waals surface area contributed by atoms with E-state index in [1.165, 1.54) is 19.2 Å². The van der Waals surface area contributed by atoms with Crippen LogP contribution in [0.1, 0.15) is 11.1 Å². The van der Waals surface area contributed by atoms with Crippen LogP contribution in [0.5, 0.6) is 5.75 Å². The molecular formula is C22H18ClN3O4. The fourth-order valence-corrected chi connectivity index (χ4v) is 3.01. The minimum absolute atomic E-state index is 0.0523. The quantitative estimate of drug-likeness (QED) is 0.496. The monoisotopic (exact) mass is 423 g/mol. The van der Waals surface area contributed by atoms with Crippen LogP contribution in [0, 0.1) is 11.8 Å². The van der Waals surface area contributed by atoms with Gasteiger partial charge in [0.05, 0.1) is 13.0 Å². The predicted octanol–water partition coefficient (Wildman–Crippen LogP) is 2.14. The van der Waals surface area contributed by atoms with Gasteiger partial charge < -0.3 is 10.4 Å². The Bertz CT molecular complexity index is 1270. The van der Waals surface area contributed by atoms with Crippen LogP contribution < -0.4 is 16.6 Å². The molecule has 1 heterocycles. The molecule has 2 N–H and O–H groups in total. The van der Waals surface area contributed by atoms with Crippen molar-refractivity contribution in [1.82, 2.24) is 9.13 Å². The summed E-state index contributed by atoms with van der Waals surface area (Å²) in [6.07, 6.45) is 0.0523. The highest BCUT2D eigenvalue weighted by Crippen LogP contribution is 2.16. The molecule has 7 nitrogen and oxygen atoms in total. The minimum Gasteiger partial charge on any atom is -0.508 e. The van der Waals surface area contributed by atoms with E-state index in [1.54, 1.807) is 36.4 Å². The smallest absolute Gasteiger partial charge is 0.332 e. The fraction of sp³-hybridized carbons (Fsp3) is 0.136. The SMILES string of the molecule is Cn1c(=O)c(NC(=O)Cc2ccccc2)c(Cl)n(CC#Cc2cccc(O)c2)c1=O. The molecule has 0 unspecified atom stereocenters. The van der Waals surface area contributed by atoms with Gasteiger partial charge in [0.1, 0.15) is 16.6 Å². The van der Waals surface area contributed by atoms with Gasteiger partial charge in [-0.25, -0.2) is 4.79 Å². The molecule has 152 valence electrons. The van der Waals surface area contributed by atoms with Gasteiger partial charge in [-0.3, -0.25) is 18.7 Å². The van der Waals surface area contributed by atoms with Gasteiger partial charge in [-0.05, 0) is 23.8 Å². The van der Waals surface area contributed by atoms with Crippen molar-refractivity contribution >= 4 is 23.2 Å². The van der Waals surface area contributed by atoms with E-state index in [0.717, 1.165) is 14.7 Å². The zero-order valence-electron chi connectivity index (χ0n) is 16.1. The molecule has 3 rings (SSSR count). The van der Waals surface area contributed by atoms with E-state index in [2.05, 4.69) is 17.2 Å². The van der Waals surface area contributed by atoms with E-state index in [-0.39, 0.29) is 29.6 Å². The Kier molecular flexibility index (Phi) is 6.40. The first-order chi connectivity index (χ1) is 14.4. The molecule has 0 aliphatic heterocycles. The fourth-order valence-electron chi connectivity index (χ4n) is 2.75. The molecule has 0 aliphatic carbocycles. The molecule has 1 amide bonds. The Hall–Kier alpha value is -3.76. The maximum absolute atomic E-state index is 12.5. The van der Waals surface area contributed by atoms with Crippen LogP contribution in [0.25, 0.3) is 0 Å². The van der Waals surface area contributed by atoms with Gasteiger partial charge in [-0.1, -0.05) is 59.8 Å². The molecule has 0 saturated carbocycles. The molecular weight excluding hydrogens is 406 g/mol. The van der Waals surface area contributed by atoms with E-state index < -0.39 is 17.2 Å². The third-order valence-corrected chi connectivity index (χ3v) is 4.66. The Balaban J connectivity index is 1.88. The summed E-state index contributed by atoms with van der Waals surface area (Å²) in [6, 6.07) is 15.4. The second-order valence-electron chi connectivity index (χ2n) is 6.46. The Morgan fingerprint density at radius 1 is 1.13 bits per heavy atom. The lowest BCUT2D eigenvalue weighted by Crippen LogP contribution is -2.40. The molecule has 1 aromatic heterocycles.